The van der Waals surface area contributed by atoms with Gasteiger partial charge in [0.25, 0.3) is 0 Å². The van der Waals surface area contributed by atoms with E-state index in [9.17, 15) is 19.2 Å². The fourth-order valence-electron chi connectivity index (χ4n) is 3.59. The first-order valence-electron chi connectivity index (χ1n) is 11.6. The number of benzene rings is 1. The Morgan fingerprint density at radius 1 is 1.17 bits per heavy atom. The zero-order valence-corrected chi connectivity index (χ0v) is 21.2. The van der Waals surface area contributed by atoms with Crippen LogP contribution in [0.5, 0.6) is 0 Å². The van der Waals surface area contributed by atoms with Crippen molar-refractivity contribution in [2.45, 2.75) is 71.2 Å². The summed E-state index contributed by atoms with van der Waals surface area (Å²) in [5.74, 6) is 0.647. The van der Waals surface area contributed by atoms with E-state index in [0.717, 1.165) is 0 Å². The molecule has 0 spiro atoms. The van der Waals surface area contributed by atoms with E-state index >= 15 is 0 Å². The number of nitrogens with zero attached hydrogens (tertiary/aromatic N) is 1. The molecule has 1 aromatic carbocycles. The Bertz CT molecular complexity index is 988. The van der Waals surface area contributed by atoms with Crippen LogP contribution in [0.2, 0.25) is 0 Å². The van der Waals surface area contributed by atoms with E-state index in [1.54, 1.807) is 58.9 Å². The van der Waals surface area contributed by atoms with Gasteiger partial charge in [-0.2, -0.15) is 0 Å². The molecule has 2 N–H and O–H groups in total. The molecule has 0 heterocycles. The minimum atomic E-state index is -1.10. The van der Waals surface area contributed by atoms with Crippen molar-refractivity contribution in [3.63, 3.8) is 0 Å². The van der Waals surface area contributed by atoms with Crippen LogP contribution in [0, 0.1) is 18.3 Å². The van der Waals surface area contributed by atoms with Gasteiger partial charge in [0.05, 0.1) is 7.11 Å². The average molecular weight is 486 g/mol. The van der Waals surface area contributed by atoms with Crippen molar-refractivity contribution < 1.29 is 28.7 Å². The summed E-state index contributed by atoms with van der Waals surface area (Å²) in [6.45, 7) is 8.43. The molecule has 35 heavy (non-hydrogen) atoms. The molecule has 0 saturated heterocycles. The van der Waals surface area contributed by atoms with Gasteiger partial charge in [0.1, 0.15) is 24.2 Å². The van der Waals surface area contributed by atoms with Crippen molar-refractivity contribution in [1.29, 1.82) is 0 Å². The maximum absolute atomic E-state index is 13.9. The van der Waals surface area contributed by atoms with Crippen molar-refractivity contribution in [1.82, 2.24) is 15.5 Å². The number of ether oxygens (including phenoxy) is 2. The molecule has 1 aliphatic carbocycles. The molecule has 190 valence electrons. The smallest absolute Gasteiger partial charge is 0.408 e. The summed E-state index contributed by atoms with van der Waals surface area (Å²) in [5.41, 5.74) is 0.162. The highest BCUT2D eigenvalue weighted by Crippen LogP contribution is 2.37. The van der Waals surface area contributed by atoms with Crippen LogP contribution in [0.15, 0.2) is 24.3 Å². The highest BCUT2D eigenvalue weighted by Gasteiger charge is 2.45. The quantitative estimate of drug-likeness (QED) is 0.410. The third-order valence-corrected chi connectivity index (χ3v) is 5.37. The molecule has 2 rings (SSSR count). The van der Waals surface area contributed by atoms with Gasteiger partial charge in [-0.05, 0) is 51.2 Å². The summed E-state index contributed by atoms with van der Waals surface area (Å²) in [6, 6.07) is 4.57. The van der Waals surface area contributed by atoms with Crippen LogP contribution in [0.25, 0.3) is 0 Å². The Labute approximate surface area is 206 Å². The van der Waals surface area contributed by atoms with Gasteiger partial charge in [-0.3, -0.25) is 14.4 Å². The van der Waals surface area contributed by atoms with Crippen LogP contribution in [-0.2, 0) is 23.9 Å². The molecular formula is C26H35N3O6. The summed E-state index contributed by atoms with van der Waals surface area (Å²) in [4.78, 5) is 53.0. The minimum Gasteiger partial charge on any atom is -0.468 e. The first kappa shape index (κ1) is 27.7. The number of nitrogens with one attached hydrogen (secondary N) is 2. The molecule has 0 bridgehead atoms. The van der Waals surface area contributed by atoms with Crippen LogP contribution in [0.4, 0.5) is 4.79 Å². The maximum atomic E-state index is 13.9. The Balaban J connectivity index is 2.48. The first-order chi connectivity index (χ1) is 16.4. The lowest BCUT2D eigenvalue weighted by atomic mass is 9.95. The van der Waals surface area contributed by atoms with E-state index in [2.05, 4.69) is 21.3 Å². The first-order valence-corrected chi connectivity index (χ1v) is 11.6. The topological polar surface area (TPSA) is 114 Å². The normalized spacial score (nSPS) is 14.8. The number of hydrogen-bond acceptors (Lipinski definition) is 6. The van der Waals surface area contributed by atoms with Crippen molar-refractivity contribution in [2.75, 3.05) is 13.7 Å². The highest BCUT2D eigenvalue weighted by atomic mass is 16.6. The minimum absolute atomic E-state index is 0.219. The number of carbonyl (C=O) groups is 4. The van der Waals surface area contributed by atoms with E-state index in [-0.39, 0.29) is 18.5 Å². The molecule has 0 radical (unpaired) electrons. The molecule has 9 heteroatoms. The van der Waals surface area contributed by atoms with Crippen molar-refractivity contribution in [3.8, 4) is 12.3 Å². The predicted molar refractivity (Wildman–Crippen MR) is 130 cm³/mol. The molecule has 0 aliphatic heterocycles. The van der Waals surface area contributed by atoms with Gasteiger partial charge >= 0.3 is 12.1 Å². The molecule has 3 amide bonds. The predicted octanol–water partition coefficient (Wildman–Crippen LogP) is 2.54. The van der Waals surface area contributed by atoms with Crippen molar-refractivity contribution in [2.24, 2.45) is 5.92 Å². The molecule has 1 saturated carbocycles. The van der Waals surface area contributed by atoms with Crippen LogP contribution in [0.3, 0.4) is 0 Å². The Morgan fingerprint density at radius 3 is 2.31 bits per heavy atom. The maximum Gasteiger partial charge on any atom is 0.408 e. The number of hydrogen-bond donors (Lipinski definition) is 2. The van der Waals surface area contributed by atoms with Crippen LogP contribution < -0.4 is 10.6 Å². The number of methoxy groups -OCH3 is 1. The molecular weight excluding hydrogens is 450 g/mol. The largest absolute Gasteiger partial charge is 0.468 e. The molecule has 0 aromatic heterocycles. The van der Waals surface area contributed by atoms with Crippen LogP contribution in [0.1, 0.15) is 64.6 Å². The summed E-state index contributed by atoms with van der Waals surface area (Å²) in [7, 11) is 1.22. The molecule has 1 aromatic rings. The SMILES string of the molecule is C#Cc1ccccc1C(C(=O)NCC(=O)OC)N(C(=O)C(NC(=O)OC(C)(C)C)C(C)C)C1CC1. The number of rotatable bonds is 9. The summed E-state index contributed by atoms with van der Waals surface area (Å²) in [6.07, 6.45) is 6.37. The summed E-state index contributed by atoms with van der Waals surface area (Å²) >= 11 is 0. The van der Waals surface area contributed by atoms with Crippen molar-refractivity contribution in [3.05, 3.63) is 35.4 Å². The highest BCUT2D eigenvalue weighted by molar-refractivity contribution is 5.94. The summed E-state index contributed by atoms with van der Waals surface area (Å²) in [5, 5.41) is 5.22. The zero-order chi connectivity index (χ0) is 26.3. The molecule has 1 fully saturated rings. The Kier molecular flexibility index (Phi) is 9.29. The van der Waals surface area contributed by atoms with Gasteiger partial charge in [0, 0.05) is 11.6 Å². The zero-order valence-electron chi connectivity index (χ0n) is 21.2. The van der Waals surface area contributed by atoms with Gasteiger partial charge in [0.2, 0.25) is 11.8 Å². The van der Waals surface area contributed by atoms with Gasteiger partial charge in [-0.25, -0.2) is 4.79 Å². The second-order valence-corrected chi connectivity index (χ2v) is 9.77. The lowest BCUT2D eigenvalue weighted by Crippen LogP contribution is -2.55. The van der Waals surface area contributed by atoms with Crippen LogP contribution in [-0.4, -0.2) is 60.1 Å². The number of carbonyl (C=O) groups excluding carboxylic acids is 4. The second kappa shape index (κ2) is 11.7. The number of alkyl carbamates (subject to hydrolysis) is 1. The van der Waals surface area contributed by atoms with E-state index in [1.165, 1.54) is 12.0 Å². The monoisotopic (exact) mass is 485 g/mol. The molecule has 1 aliphatic rings. The van der Waals surface area contributed by atoms with Gasteiger partial charge in [-0.15, -0.1) is 6.42 Å². The van der Waals surface area contributed by atoms with Gasteiger partial charge in [0.15, 0.2) is 0 Å². The second-order valence-electron chi connectivity index (χ2n) is 9.77. The lowest BCUT2D eigenvalue weighted by Gasteiger charge is -2.36. The number of terminal acetylenes is 1. The summed E-state index contributed by atoms with van der Waals surface area (Å²) < 4.78 is 9.98. The fourth-order valence-corrected chi connectivity index (χ4v) is 3.59. The molecule has 9 nitrogen and oxygen atoms in total. The van der Waals surface area contributed by atoms with Gasteiger partial charge < -0.3 is 25.0 Å². The number of amides is 3. The molecule has 2 unspecified atom stereocenters. The standard InChI is InChI=1S/C26H35N3O6/c1-8-17-11-9-10-12-19(17)22(23(31)27-15-20(30)34-7)29(18-13-14-18)24(32)21(16(2)3)28-25(33)35-26(4,5)6/h1,9-12,16,18,21-22H,13-15H2,2-7H3,(H,27,31)(H,28,33). The third-order valence-electron chi connectivity index (χ3n) is 5.37. The number of esters is 1. The van der Waals surface area contributed by atoms with Crippen LogP contribution >= 0.6 is 0 Å². The molecule has 2 atom stereocenters. The third kappa shape index (κ3) is 7.74. The fraction of sp³-hybridized carbons (Fsp3) is 0.538. The Morgan fingerprint density at radius 2 is 1.80 bits per heavy atom. The van der Waals surface area contributed by atoms with E-state index in [1.807, 2.05) is 0 Å². The van der Waals surface area contributed by atoms with E-state index < -0.39 is 41.6 Å². The van der Waals surface area contributed by atoms with E-state index in [0.29, 0.717) is 24.0 Å². The Hall–Kier alpha value is -3.54. The van der Waals surface area contributed by atoms with Crippen molar-refractivity contribution >= 4 is 23.9 Å². The average Bonchev–Trinajstić information content (AvgIpc) is 3.62. The van der Waals surface area contributed by atoms with Gasteiger partial charge in [-0.1, -0.05) is 38.0 Å². The lowest BCUT2D eigenvalue weighted by molar-refractivity contribution is -0.145. The van der Waals surface area contributed by atoms with E-state index in [4.69, 9.17) is 11.2 Å².